The highest BCUT2D eigenvalue weighted by molar-refractivity contribution is 5.48. The van der Waals surface area contributed by atoms with E-state index in [2.05, 4.69) is 11.1 Å². The van der Waals surface area contributed by atoms with E-state index in [0.717, 1.165) is 16.7 Å². The predicted octanol–water partition coefficient (Wildman–Crippen LogP) is 3.42. The zero-order valence-corrected chi connectivity index (χ0v) is 11.7. The van der Waals surface area contributed by atoms with Gasteiger partial charge >= 0.3 is 0 Å². The molecule has 1 aromatic carbocycles. The molecule has 0 saturated heterocycles. The number of pyridine rings is 1. The molecule has 4 nitrogen and oxygen atoms in total. The minimum absolute atomic E-state index is 0.430. The molecule has 0 aliphatic rings. The van der Waals surface area contributed by atoms with Crippen LogP contribution >= 0.6 is 0 Å². The van der Waals surface area contributed by atoms with Gasteiger partial charge in [0.05, 0.1) is 17.7 Å². The molecule has 0 unspecified atom stereocenters. The fourth-order valence-corrected chi connectivity index (χ4v) is 2.02. The topological polar surface area (TPSA) is 66.1 Å². The highest BCUT2D eigenvalue weighted by Crippen LogP contribution is 2.29. The second-order valence-corrected chi connectivity index (χ2v) is 4.76. The Labute approximate surface area is 118 Å². The first-order valence-electron chi connectivity index (χ1n) is 6.34. The molecule has 2 aromatic rings. The van der Waals surface area contributed by atoms with E-state index < -0.39 is 6.10 Å². The number of aliphatic hydroxyl groups excluding tert-OH is 1. The Morgan fingerprint density at radius 1 is 1.25 bits per heavy atom. The Morgan fingerprint density at radius 3 is 2.45 bits per heavy atom. The summed E-state index contributed by atoms with van der Waals surface area (Å²) in [5, 5.41) is 18.5. The van der Waals surface area contributed by atoms with Crippen molar-refractivity contribution in [2.45, 2.75) is 26.9 Å². The van der Waals surface area contributed by atoms with Crippen molar-refractivity contribution >= 4 is 0 Å². The van der Waals surface area contributed by atoms with Gasteiger partial charge < -0.3 is 9.84 Å². The second-order valence-electron chi connectivity index (χ2n) is 4.76. The SMILES string of the molecule is Cc1cc(C#N)cc(C)c1Oc1cc([C@H](C)O)ccn1. The highest BCUT2D eigenvalue weighted by atomic mass is 16.5. The summed E-state index contributed by atoms with van der Waals surface area (Å²) in [6, 6.07) is 9.13. The third kappa shape index (κ3) is 2.95. The van der Waals surface area contributed by atoms with Crippen molar-refractivity contribution in [2.24, 2.45) is 0 Å². The number of aliphatic hydroxyl groups is 1. The molecule has 0 bridgehead atoms. The molecule has 1 heterocycles. The van der Waals surface area contributed by atoms with E-state index in [9.17, 15) is 5.11 Å². The lowest BCUT2D eigenvalue weighted by Crippen LogP contribution is -1.97. The van der Waals surface area contributed by atoms with Crippen molar-refractivity contribution in [2.75, 3.05) is 0 Å². The molecule has 0 saturated carbocycles. The van der Waals surface area contributed by atoms with E-state index in [-0.39, 0.29) is 0 Å². The van der Waals surface area contributed by atoms with Crippen LogP contribution < -0.4 is 4.74 Å². The molecule has 0 aliphatic heterocycles. The molecule has 0 amide bonds. The first-order chi connectivity index (χ1) is 9.51. The summed E-state index contributed by atoms with van der Waals surface area (Å²) >= 11 is 0. The van der Waals surface area contributed by atoms with Crippen LogP contribution in [0.15, 0.2) is 30.5 Å². The number of hydrogen-bond acceptors (Lipinski definition) is 4. The fraction of sp³-hybridized carbons (Fsp3) is 0.250. The van der Waals surface area contributed by atoms with Crippen LogP contribution in [0.2, 0.25) is 0 Å². The maximum absolute atomic E-state index is 9.57. The average Bonchev–Trinajstić information content (AvgIpc) is 2.42. The summed E-state index contributed by atoms with van der Waals surface area (Å²) in [4.78, 5) is 4.14. The van der Waals surface area contributed by atoms with Crippen LogP contribution in [0.5, 0.6) is 11.6 Å². The summed E-state index contributed by atoms with van der Waals surface area (Å²) in [5.41, 5.74) is 3.12. The number of benzene rings is 1. The van der Waals surface area contributed by atoms with Crippen LogP contribution in [0.1, 0.15) is 35.3 Å². The summed E-state index contributed by atoms with van der Waals surface area (Å²) in [7, 11) is 0. The van der Waals surface area contributed by atoms with Crippen LogP contribution in [0.25, 0.3) is 0 Å². The molecule has 4 heteroatoms. The number of aromatic nitrogens is 1. The Hall–Kier alpha value is -2.38. The van der Waals surface area contributed by atoms with Gasteiger partial charge in [-0.1, -0.05) is 0 Å². The van der Waals surface area contributed by atoms with E-state index >= 15 is 0 Å². The van der Waals surface area contributed by atoms with Crippen molar-refractivity contribution in [3.8, 4) is 17.7 Å². The Morgan fingerprint density at radius 2 is 1.90 bits per heavy atom. The molecule has 0 aliphatic carbocycles. The van der Waals surface area contributed by atoms with Crippen LogP contribution in [0.4, 0.5) is 0 Å². The monoisotopic (exact) mass is 268 g/mol. The average molecular weight is 268 g/mol. The Kier molecular flexibility index (Phi) is 4.02. The summed E-state index contributed by atoms with van der Waals surface area (Å²) < 4.78 is 5.80. The van der Waals surface area contributed by atoms with Gasteiger partial charge in [-0.3, -0.25) is 0 Å². The third-order valence-electron chi connectivity index (χ3n) is 3.04. The van der Waals surface area contributed by atoms with Crippen molar-refractivity contribution in [3.05, 3.63) is 52.7 Å². The minimum atomic E-state index is -0.566. The molecule has 102 valence electrons. The first-order valence-corrected chi connectivity index (χ1v) is 6.34. The molecule has 0 spiro atoms. The molecule has 0 fully saturated rings. The molecule has 1 atom stereocenters. The van der Waals surface area contributed by atoms with Gasteiger partial charge in [0.15, 0.2) is 0 Å². The van der Waals surface area contributed by atoms with Crippen molar-refractivity contribution < 1.29 is 9.84 Å². The van der Waals surface area contributed by atoms with Gasteiger partial charge in [-0.2, -0.15) is 5.26 Å². The normalized spacial score (nSPS) is 11.8. The van der Waals surface area contributed by atoms with Gasteiger partial charge in [0, 0.05) is 12.3 Å². The van der Waals surface area contributed by atoms with Gasteiger partial charge in [0.25, 0.3) is 0 Å². The van der Waals surface area contributed by atoms with E-state index in [1.807, 2.05) is 13.8 Å². The zero-order valence-electron chi connectivity index (χ0n) is 11.7. The van der Waals surface area contributed by atoms with Crippen LogP contribution in [-0.2, 0) is 0 Å². The number of ether oxygens (including phenoxy) is 1. The summed E-state index contributed by atoms with van der Waals surface area (Å²) in [6.07, 6.45) is 1.04. The number of hydrogen-bond donors (Lipinski definition) is 1. The van der Waals surface area contributed by atoms with Gasteiger partial charge in [0.1, 0.15) is 5.75 Å². The number of nitriles is 1. The second kappa shape index (κ2) is 5.72. The molecule has 2 rings (SSSR count). The number of rotatable bonds is 3. The van der Waals surface area contributed by atoms with E-state index in [4.69, 9.17) is 10.00 Å². The zero-order chi connectivity index (χ0) is 14.7. The van der Waals surface area contributed by atoms with Crippen molar-refractivity contribution in [3.63, 3.8) is 0 Å². The quantitative estimate of drug-likeness (QED) is 0.926. The number of aryl methyl sites for hydroxylation is 2. The van der Waals surface area contributed by atoms with Crippen LogP contribution in [0, 0.1) is 25.2 Å². The third-order valence-corrected chi connectivity index (χ3v) is 3.04. The van der Waals surface area contributed by atoms with Gasteiger partial charge in [0.2, 0.25) is 5.88 Å². The van der Waals surface area contributed by atoms with Gasteiger partial charge in [-0.05, 0) is 55.7 Å². The minimum Gasteiger partial charge on any atom is -0.438 e. The lowest BCUT2D eigenvalue weighted by molar-refractivity contribution is 0.198. The predicted molar refractivity (Wildman–Crippen MR) is 75.6 cm³/mol. The molecular formula is C16H16N2O2. The van der Waals surface area contributed by atoms with Crippen LogP contribution in [-0.4, -0.2) is 10.1 Å². The maximum atomic E-state index is 9.57. The lowest BCUT2D eigenvalue weighted by Gasteiger charge is -2.12. The fourth-order valence-electron chi connectivity index (χ4n) is 2.02. The van der Waals surface area contributed by atoms with E-state index in [1.165, 1.54) is 0 Å². The standard InChI is InChI=1S/C16H16N2O2/c1-10-6-13(9-17)7-11(2)16(10)20-15-8-14(12(3)19)4-5-18-15/h4-8,12,19H,1-3H3/t12-/m0/s1. The lowest BCUT2D eigenvalue weighted by atomic mass is 10.1. The largest absolute Gasteiger partial charge is 0.438 e. The smallest absolute Gasteiger partial charge is 0.219 e. The van der Waals surface area contributed by atoms with Gasteiger partial charge in [-0.25, -0.2) is 4.98 Å². The Balaban J connectivity index is 2.36. The number of nitrogens with zero attached hydrogens (tertiary/aromatic N) is 2. The molecule has 20 heavy (non-hydrogen) atoms. The van der Waals surface area contributed by atoms with E-state index in [1.54, 1.807) is 37.4 Å². The molecular weight excluding hydrogens is 252 g/mol. The maximum Gasteiger partial charge on any atom is 0.219 e. The highest BCUT2D eigenvalue weighted by Gasteiger charge is 2.10. The molecule has 1 aromatic heterocycles. The van der Waals surface area contributed by atoms with Crippen LogP contribution in [0.3, 0.4) is 0 Å². The summed E-state index contributed by atoms with van der Waals surface area (Å²) in [6.45, 7) is 5.47. The van der Waals surface area contributed by atoms with E-state index in [0.29, 0.717) is 17.2 Å². The molecule has 1 N–H and O–H groups in total. The first kappa shape index (κ1) is 14.0. The van der Waals surface area contributed by atoms with Crippen molar-refractivity contribution in [1.29, 1.82) is 5.26 Å². The van der Waals surface area contributed by atoms with Gasteiger partial charge in [-0.15, -0.1) is 0 Å². The Bertz CT molecular complexity index is 649. The summed E-state index contributed by atoms with van der Waals surface area (Å²) in [5.74, 6) is 1.12. The van der Waals surface area contributed by atoms with Crippen molar-refractivity contribution in [1.82, 2.24) is 4.98 Å². The molecule has 0 radical (unpaired) electrons.